The van der Waals surface area contributed by atoms with Crippen molar-refractivity contribution in [3.63, 3.8) is 0 Å². The molecule has 1 saturated heterocycles. The Kier molecular flexibility index (Phi) is 3.95. The minimum Gasteiger partial charge on any atom is -0.402 e. The number of hydrogen-bond acceptors (Lipinski definition) is 3. The van der Waals surface area contributed by atoms with Crippen LogP contribution >= 0.6 is 0 Å². The van der Waals surface area contributed by atoms with Gasteiger partial charge in [0.1, 0.15) is 0 Å². The Balaban J connectivity index is 1.78. The molecule has 136 valence electrons. The highest BCUT2D eigenvalue weighted by Crippen LogP contribution is 2.40. The smallest absolute Gasteiger partial charge is 0.402 e. The Labute approximate surface area is 155 Å². The van der Waals surface area contributed by atoms with Crippen LogP contribution in [-0.2, 0) is 15.9 Å². The summed E-state index contributed by atoms with van der Waals surface area (Å²) in [5.41, 5.74) is 9.33. The van der Waals surface area contributed by atoms with E-state index in [1.165, 1.54) is 21.8 Å². The minimum atomic E-state index is -0.447. The predicted molar refractivity (Wildman–Crippen MR) is 108 cm³/mol. The van der Waals surface area contributed by atoms with Gasteiger partial charge in [-0.1, -0.05) is 24.3 Å². The van der Waals surface area contributed by atoms with Gasteiger partial charge in [-0.2, -0.15) is 0 Å². The van der Waals surface area contributed by atoms with Crippen LogP contribution < -0.4 is 5.73 Å². The fourth-order valence-corrected chi connectivity index (χ4v) is 3.81. The average Bonchev–Trinajstić information content (AvgIpc) is 3.04. The lowest BCUT2D eigenvalue weighted by molar-refractivity contribution is 0.00578. The molecule has 2 aromatic carbocycles. The van der Waals surface area contributed by atoms with Crippen LogP contribution in [0.15, 0.2) is 42.5 Å². The predicted octanol–water partition coefficient (Wildman–Crippen LogP) is 4.45. The van der Waals surface area contributed by atoms with E-state index in [4.69, 9.17) is 15.0 Å². The highest BCUT2D eigenvalue weighted by molar-refractivity contribution is 6.47. The van der Waals surface area contributed by atoms with Crippen molar-refractivity contribution in [2.75, 3.05) is 0 Å². The summed E-state index contributed by atoms with van der Waals surface area (Å²) in [7, 11) is -0.447. The van der Waals surface area contributed by atoms with Gasteiger partial charge in [0, 0.05) is 28.4 Å². The van der Waals surface area contributed by atoms with Gasteiger partial charge in [-0.3, -0.25) is 0 Å². The zero-order chi connectivity index (χ0) is 18.7. The van der Waals surface area contributed by atoms with E-state index in [1.54, 1.807) is 0 Å². The molecule has 2 heterocycles. The molecule has 1 atom stereocenters. The van der Waals surface area contributed by atoms with Crippen LogP contribution in [0.2, 0.25) is 0 Å². The molecule has 4 rings (SSSR count). The van der Waals surface area contributed by atoms with Crippen LogP contribution in [0, 0.1) is 0 Å². The number of para-hydroxylation sites is 1. The maximum Gasteiger partial charge on any atom is 0.480 e. The van der Waals surface area contributed by atoms with Crippen LogP contribution in [-0.4, -0.2) is 22.9 Å². The molecule has 0 aliphatic carbocycles. The van der Waals surface area contributed by atoms with Crippen LogP contribution in [0.5, 0.6) is 0 Å². The first-order valence-electron chi connectivity index (χ1n) is 9.37. The minimum absolute atomic E-state index is 0.329. The van der Waals surface area contributed by atoms with Crippen molar-refractivity contribution in [2.45, 2.75) is 58.3 Å². The van der Waals surface area contributed by atoms with Crippen LogP contribution in [0.1, 0.15) is 46.1 Å². The van der Waals surface area contributed by atoms with Crippen molar-refractivity contribution in [1.82, 2.24) is 4.57 Å². The summed E-state index contributed by atoms with van der Waals surface area (Å²) in [6, 6.07) is 15.0. The lowest BCUT2D eigenvalue weighted by Crippen LogP contribution is -2.41. The van der Waals surface area contributed by atoms with Gasteiger partial charge < -0.3 is 19.6 Å². The van der Waals surface area contributed by atoms with Gasteiger partial charge in [0.05, 0.1) is 17.1 Å². The van der Waals surface area contributed by atoms with Gasteiger partial charge in [0.25, 0.3) is 0 Å². The molecule has 0 saturated carbocycles. The molecule has 3 aromatic rings. The highest BCUT2D eigenvalue weighted by Gasteiger charge is 2.53. The number of nitrogens with zero attached hydrogens (tertiary/aromatic N) is 1. The van der Waals surface area contributed by atoms with Gasteiger partial charge >= 0.3 is 7.12 Å². The molecule has 1 aromatic heterocycles. The summed E-state index contributed by atoms with van der Waals surface area (Å²) in [5.74, 6) is -0.329. The molecule has 26 heavy (non-hydrogen) atoms. The molecule has 0 unspecified atom stereocenters. The number of fused-ring (bicyclic) bond motifs is 3. The standard InChI is InChI=1S/C21H27BN2O2/c1-6-24-17-10-8-7-9-15(17)16-13-14(11-12-18(16)24)19(23)22-25-20(2,3)21(4,5)26-22/h7-13,19H,6,23H2,1-5H3/t19-/m1/s1. The molecule has 2 N–H and O–H groups in total. The topological polar surface area (TPSA) is 49.4 Å². The molecular formula is C21H27BN2O2. The Morgan fingerprint density at radius 1 is 0.962 bits per heavy atom. The summed E-state index contributed by atoms with van der Waals surface area (Å²) >= 11 is 0. The Morgan fingerprint density at radius 3 is 2.23 bits per heavy atom. The number of aromatic nitrogens is 1. The van der Waals surface area contributed by atoms with Crippen molar-refractivity contribution in [3.8, 4) is 0 Å². The third kappa shape index (κ3) is 2.49. The Hall–Kier alpha value is -1.82. The second kappa shape index (κ2) is 5.84. The Bertz CT molecular complexity index is 961. The number of aryl methyl sites for hydroxylation is 1. The SMILES string of the molecule is CCn1c2ccccc2c2cc([C@@H](N)B3OC(C)(C)C(C)(C)O3)ccc21. The third-order valence-electron chi connectivity index (χ3n) is 6.06. The summed E-state index contributed by atoms with van der Waals surface area (Å²) in [5, 5.41) is 2.49. The van der Waals surface area contributed by atoms with Crippen molar-refractivity contribution in [1.29, 1.82) is 0 Å². The van der Waals surface area contributed by atoms with Crippen molar-refractivity contribution in [2.24, 2.45) is 5.73 Å². The molecule has 1 aliphatic rings. The van der Waals surface area contributed by atoms with Gasteiger partial charge in [-0.25, -0.2) is 0 Å². The van der Waals surface area contributed by atoms with Gasteiger partial charge in [-0.05, 0) is 58.4 Å². The molecule has 0 amide bonds. The lowest BCUT2D eigenvalue weighted by atomic mass is 9.74. The van der Waals surface area contributed by atoms with E-state index < -0.39 is 7.12 Å². The largest absolute Gasteiger partial charge is 0.480 e. The number of rotatable bonds is 3. The van der Waals surface area contributed by atoms with Crippen LogP contribution in [0.3, 0.4) is 0 Å². The van der Waals surface area contributed by atoms with Crippen LogP contribution in [0.25, 0.3) is 21.8 Å². The number of nitrogens with two attached hydrogens (primary N) is 1. The van der Waals surface area contributed by atoms with E-state index in [2.05, 4.69) is 81.7 Å². The number of hydrogen-bond donors (Lipinski definition) is 1. The third-order valence-corrected chi connectivity index (χ3v) is 6.06. The molecule has 4 nitrogen and oxygen atoms in total. The molecule has 1 aliphatic heterocycles. The summed E-state index contributed by atoms with van der Waals surface area (Å²) in [6.07, 6.45) is 0. The number of benzene rings is 2. The normalized spacial score (nSPS) is 20.2. The average molecular weight is 350 g/mol. The van der Waals surface area contributed by atoms with Crippen molar-refractivity contribution < 1.29 is 9.31 Å². The van der Waals surface area contributed by atoms with E-state index >= 15 is 0 Å². The molecule has 1 fully saturated rings. The zero-order valence-electron chi connectivity index (χ0n) is 16.2. The summed E-state index contributed by atoms with van der Waals surface area (Å²) in [4.78, 5) is 0. The first-order valence-corrected chi connectivity index (χ1v) is 9.37. The highest BCUT2D eigenvalue weighted by atomic mass is 16.7. The Morgan fingerprint density at radius 2 is 1.58 bits per heavy atom. The second-order valence-electron chi connectivity index (χ2n) is 8.19. The molecule has 0 bridgehead atoms. The van der Waals surface area contributed by atoms with E-state index in [0.29, 0.717) is 0 Å². The maximum atomic E-state index is 6.56. The fourth-order valence-electron chi connectivity index (χ4n) is 3.81. The molecule has 0 spiro atoms. The zero-order valence-corrected chi connectivity index (χ0v) is 16.2. The van der Waals surface area contributed by atoms with E-state index in [0.717, 1.165) is 12.1 Å². The molecule has 5 heteroatoms. The van der Waals surface area contributed by atoms with Crippen LogP contribution in [0.4, 0.5) is 0 Å². The molecule has 0 radical (unpaired) electrons. The monoisotopic (exact) mass is 350 g/mol. The summed E-state index contributed by atoms with van der Waals surface area (Å²) < 4.78 is 14.6. The van der Waals surface area contributed by atoms with Crippen molar-refractivity contribution >= 4 is 28.9 Å². The van der Waals surface area contributed by atoms with Gasteiger partial charge in [0.15, 0.2) is 0 Å². The van der Waals surface area contributed by atoms with Gasteiger partial charge in [0.2, 0.25) is 0 Å². The quantitative estimate of drug-likeness (QED) is 0.710. The van der Waals surface area contributed by atoms with Gasteiger partial charge in [-0.15, -0.1) is 0 Å². The first kappa shape index (κ1) is 17.6. The maximum absolute atomic E-state index is 6.56. The first-order chi connectivity index (χ1) is 12.2. The fraction of sp³-hybridized carbons (Fsp3) is 0.429. The van der Waals surface area contributed by atoms with E-state index in [9.17, 15) is 0 Å². The molecular weight excluding hydrogens is 323 g/mol. The summed E-state index contributed by atoms with van der Waals surface area (Å²) in [6.45, 7) is 11.3. The second-order valence-corrected chi connectivity index (χ2v) is 8.19. The van der Waals surface area contributed by atoms with E-state index in [-0.39, 0.29) is 17.1 Å². The lowest BCUT2D eigenvalue weighted by Gasteiger charge is -2.32. The van der Waals surface area contributed by atoms with Crippen molar-refractivity contribution in [3.05, 3.63) is 48.0 Å². The van der Waals surface area contributed by atoms with E-state index in [1.807, 2.05) is 0 Å².